The first-order valence-electron chi connectivity index (χ1n) is 3.43. The molecule has 0 saturated heterocycles. The van der Waals surface area contributed by atoms with Crippen LogP contribution in [0.3, 0.4) is 0 Å². The molecule has 0 fully saturated rings. The van der Waals surface area contributed by atoms with Gasteiger partial charge in [0.25, 0.3) is 0 Å². The average Bonchev–Trinajstić information content (AvgIpc) is 2.04. The van der Waals surface area contributed by atoms with E-state index in [2.05, 4.69) is 15.9 Å². The fourth-order valence-corrected chi connectivity index (χ4v) is 0.637. The van der Waals surface area contributed by atoms with E-state index in [1.165, 1.54) is 6.20 Å². The Kier molecular flexibility index (Phi) is 2.49. The van der Waals surface area contributed by atoms with Gasteiger partial charge in [0.2, 0.25) is 11.8 Å². The molecule has 1 aromatic rings. The Hall–Kier alpha value is -1.76. The molecular formula is C8H9N3O. The van der Waals surface area contributed by atoms with Gasteiger partial charge in [-0.15, -0.1) is 6.42 Å². The molecule has 1 rings (SSSR count). The second kappa shape index (κ2) is 3.58. The van der Waals surface area contributed by atoms with Gasteiger partial charge in [-0.2, -0.15) is 4.98 Å². The van der Waals surface area contributed by atoms with Crippen molar-refractivity contribution >= 4 is 5.95 Å². The van der Waals surface area contributed by atoms with Crippen molar-refractivity contribution in [3.05, 3.63) is 12.3 Å². The maximum Gasteiger partial charge on any atom is 0.223 e. The standard InChI is InChI=1S/C8H9N3O/c1-3-6(2)12-7-4-5-10-8(9)11-7/h1,4-6H,2H3,(H2,9,10,11). The lowest BCUT2D eigenvalue weighted by Gasteiger charge is -2.06. The molecule has 2 N–H and O–H groups in total. The van der Waals surface area contributed by atoms with Gasteiger partial charge >= 0.3 is 0 Å². The number of hydrogen-bond donors (Lipinski definition) is 1. The van der Waals surface area contributed by atoms with Crippen LogP contribution in [0.25, 0.3) is 0 Å². The minimum Gasteiger partial charge on any atom is -0.461 e. The van der Waals surface area contributed by atoms with Gasteiger partial charge in [-0.1, -0.05) is 5.92 Å². The molecule has 4 nitrogen and oxygen atoms in total. The van der Waals surface area contributed by atoms with Gasteiger partial charge in [-0.25, -0.2) is 4.98 Å². The second-order valence-electron chi connectivity index (χ2n) is 2.18. The molecule has 0 aliphatic rings. The maximum atomic E-state index is 5.32. The lowest BCUT2D eigenvalue weighted by Crippen LogP contribution is -2.10. The number of anilines is 1. The van der Waals surface area contributed by atoms with Crippen molar-refractivity contribution in [1.29, 1.82) is 0 Å². The Bertz CT molecular complexity index is 305. The van der Waals surface area contributed by atoms with Crippen LogP contribution in [-0.4, -0.2) is 16.1 Å². The summed E-state index contributed by atoms with van der Waals surface area (Å²) < 4.78 is 5.18. The summed E-state index contributed by atoms with van der Waals surface area (Å²) in [6.07, 6.45) is 6.32. The van der Waals surface area contributed by atoms with E-state index in [0.717, 1.165) is 0 Å². The summed E-state index contributed by atoms with van der Waals surface area (Å²) in [5.41, 5.74) is 5.32. The highest BCUT2D eigenvalue weighted by molar-refractivity contribution is 5.21. The van der Waals surface area contributed by atoms with Crippen LogP contribution in [0.15, 0.2) is 12.3 Å². The fourth-order valence-electron chi connectivity index (χ4n) is 0.637. The lowest BCUT2D eigenvalue weighted by molar-refractivity contribution is 0.268. The third-order valence-electron chi connectivity index (χ3n) is 1.18. The number of nitrogens with two attached hydrogens (primary N) is 1. The van der Waals surface area contributed by atoms with Crippen molar-refractivity contribution in [2.24, 2.45) is 0 Å². The van der Waals surface area contributed by atoms with Crippen LogP contribution >= 0.6 is 0 Å². The van der Waals surface area contributed by atoms with Crippen molar-refractivity contribution in [2.75, 3.05) is 5.73 Å². The number of nitrogens with zero attached hydrogens (tertiary/aromatic N) is 2. The molecule has 1 heterocycles. The van der Waals surface area contributed by atoms with Crippen LogP contribution in [0, 0.1) is 12.3 Å². The normalized spacial score (nSPS) is 11.7. The summed E-state index contributed by atoms with van der Waals surface area (Å²) in [5.74, 6) is 2.98. The molecular weight excluding hydrogens is 154 g/mol. The largest absolute Gasteiger partial charge is 0.461 e. The van der Waals surface area contributed by atoms with Crippen molar-refractivity contribution in [3.63, 3.8) is 0 Å². The van der Waals surface area contributed by atoms with Gasteiger partial charge in [-0.3, -0.25) is 0 Å². The van der Waals surface area contributed by atoms with Crippen molar-refractivity contribution in [1.82, 2.24) is 9.97 Å². The number of terminal acetylenes is 1. The average molecular weight is 163 g/mol. The molecule has 0 radical (unpaired) electrons. The van der Waals surface area contributed by atoms with Crippen molar-refractivity contribution < 1.29 is 4.74 Å². The van der Waals surface area contributed by atoms with E-state index in [-0.39, 0.29) is 12.1 Å². The van der Waals surface area contributed by atoms with Gasteiger partial charge < -0.3 is 10.5 Å². The number of nitrogen functional groups attached to an aromatic ring is 1. The Morgan fingerprint density at radius 1 is 1.75 bits per heavy atom. The Morgan fingerprint density at radius 3 is 3.08 bits per heavy atom. The highest BCUT2D eigenvalue weighted by Gasteiger charge is 2.00. The smallest absolute Gasteiger partial charge is 0.223 e. The SMILES string of the molecule is C#CC(C)Oc1ccnc(N)n1. The molecule has 0 amide bonds. The summed E-state index contributed by atoms with van der Waals surface area (Å²) in [4.78, 5) is 7.52. The van der Waals surface area contributed by atoms with Crippen LogP contribution < -0.4 is 10.5 Å². The molecule has 0 aliphatic heterocycles. The zero-order valence-electron chi connectivity index (χ0n) is 6.69. The minimum atomic E-state index is -0.306. The molecule has 0 spiro atoms. The predicted octanol–water partition coefficient (Wildman–Crippen LogP) is 0.459. The molecule has 0 saturated carbocycles. The summed E-state index contributed by atoms with van der Waals surface area (Å²) >= 11 is 0. The van der Waals surface area contributed by atoms with Crippen molar-refractivity contribution in [3.8, 4) is 18.2 Å². The maximum absolute atomic E-state index is 5.32. The Balaban J connectivity index is 2.71. The first-order valence-corrected chi connectivity index (χ1v) is 3.43. The van der Waals surface area contributed by atoms with E-state index in [0.29, 0.717) is 5.88 Å². The number of hydrogen-bond acceptors (Lipinski definition) is 4. The molecule has 1 aromatic heterocycles. The zero-order valence-corrected chi connectivity index (χ0v) is 6.69. The highest BCUT2D eigenvalue weighted by Crippen LogP contribution is 2.07. The van der Waals surface area contributed by atoms with E-state index >= 15 is 0 Å². The van der Waals surface area contributed by atoms with Crippen LogP contribution in [0.5, 0.6) is 5.88 Å². The van der Waals surface area contributed by atoms with Crippen LogP contribution in [0.4, 0.5) is 5.95 Å². The van der Waals surface area contributed by atoms with Crippen molar-refractivity contribution in [2.45, 2.75) is 13.0 Å². The minimum absolute atomic E-state index is 0.178. The monoisotopic (exact) mass is 163 g/mol. The number of rotatable bonds is 2. The molecule has 0 aromatic carbocycles. The summed E-state index contributed by atoms with van der Waals surface area (Å²) in [5, 5.41) is 0. The van der Waals surface area contributed by atoms with E-state index in [1.54, 1.807) is 13.0 Å². The Morgan fingerprint density at radius 2 is 2.50 bits per heavy atom. The zero-order chi connectivity index (χ0) is 8.97. The van der Waals surface area contributed by atoms with Gasteiger partial charge in [-0.05, 0) is 6.92 Å². The molecule has 12 heavy (non-hydrogen) atoms. The number of aromatic nitrogens is 2. The fraction of sp³-hybridized carbons (Fsp3) is 0.250. The molecule has 1 atom stereocenters. The van der Waals surface area contributed by atoms with E-state index < -0.39 is 0 Å². The quantitative estimate of drug-likeness (QED) is 0.643. The highest BCUT2D eigenvalue weighted by atomic mass is 16.5. The summed E-state index contributed by atoms with van der Waals surface area (Å²) in [6.45, 7) is 1.75. The topological polar surface area (TPSA) is 61.0 Å². The van der Waals surface area contributed by atoms with E-state index in [4.69, 9.17) is 16.9 Å². The Labute approximate surface area is 70.8 Å². The number of ether oxygens (including phenoxy) is 1. The molecule has 0 aliphatic carbocycles. The first kappa shape index (κ1) is 8.34. The molecule has 0 bridgehead atoms. The third kappa shape index (κ3) is 2.13. The third-order valence-corrected chi connectivity index (χ3v) is 1.18. The first-order chi connectivity index (χ1) is 5.72. The van der Waals surface area contributed by atoms with Crippen LogP contribution in [0.1, 0.15) is 6.92 Å². The predicted molar refractivity (Wildman–Crippen MR) is 45.4 cm³/mol. The van der Waals surface area contributed by atoms with Gasteiger partial charge in [0.05, 0.1) is 0 Å². The summed E-state index contributed by atoms with van der Waals surface area (Å²) in [6, 6.07) is 1.60. The second-order valence-corrected chi connectivity index (χ2v) is 2.18. The van der Waals surface area contributed by atoms with Gasteiger partial charge in [0, 0.05) is 12.3 Å². The van der Waals surface area contributed by atoms with Crippen LogP contribution in [0.2, 0.25) is 0 Å². The van der Waals surface area contributed by atoms with Gasteiger partial charge in [0.1, 0.15) is 0 Å². The van der Waals surface area contributed by atoms with Crippen LogP contribution in [-0.2, 0) is 0 Å². The van der Waals surface area contributed by atoms with E-state index in [1.807, 2.05) is 0 Å². The summed E-state index contributed by atoms with van der Waals surface area (Å²) in [7, 11) is 0. The molecule has 62 valence electrons. The van der Waals surface area contributed by atoms with Gasteiger partial charge in [0.15, 0.2) is 6.10 Å². The van der Waals surface area contributed by atoms with E-state index in [9.17, 15) is 0 Å². The molecule has 4 heteroatoms. The molecule has 1 unspecified atom stereocenters. The lowest BCUT2D eigenvalue weighted by atomic mass is 10.4.